The van der Waals surface area contributed by atoms with Gasteiger partial charge >= 0.3 is 0 Å². The molecule has 0 unspecified atom stereocenters. The molecule has 0 saturated carbocycles. The smallest absolute Gasteiger partial charge is 0.271 e. The summed E-state index contributed by atoms with van der Waals surface area (Å²) in [6, 6.07) is 7.53. The molecule has 0 aliphatic carbocycles. The van der Waals surface area contributed by atoms with Crippen molar-refractivity contribution in [2.45, 2.75) is 13.8 Å². The number of hydrogen-bond acceptors (Lipinski definition) is 4. The first-order valence-electron chi connectivity index (χ1n) is 6.96. The third-order valence-corrected chi connectivity index (χ3v) is 3.54. The number of aromatic nitrogens is 1. The molecule has 0 aliphatic rings. The Morgan fingerprint density at radius 3 is 2.61 bits per heavy atom. The maximum Gasteiger partial charge on any atom is 0.271 e. The van der Waals surface area contributed by atoms with Gasteiger partial charge in [-0.1, -0.05) is 17.7 Å². The van der Waals surface area contributed by atoms with Crippen molar-refractivity contribution in [3.63, 3.8) is 0 Å². The van der Waals surface area contributed by atoms with Crippen molar-refractivity contribution in [3.05, 3.63) is 57.8 Å². The molecule has 2 amide bonds. The van der Waals surface area contributed by atoms with Gasteiger partial charge in [-0.15, -0.1) is 0 Å². The number of nitrogens with one attached hydrogen (secondary N) is 3. The fraction of sp³-hybridized carbons (Fsp3) is 0.188. The molecule has 1 aromatic heterocycles. The predicted octanol–water partition coefficient (Wildman–Crippen LogP) is 2.33. The van der Waals surface area contributed by atoms with Crippen molar-refractivity contribution in [2.75, 3.05) is 11.9 Å². The van der Waals surface area contributed by atoms with Gasteiger partial charge in [-0.3, -0.25) is 25.4 Å². The number of halogens is 1. The van der Waals surface area contributed by atoms with Gasteiger partial charge in [-0.25, -0.2) is 0 Å². The molecular formula is C16H17BrN4O2. The van der Waals surface area contributed by atoms with Crippen LogP contribution in [0, 0.1) is 13.8 Å². The maximum absolute atomic E-state index is 11.9. The van der Waals surface area contributed by atoms with E-state index >= 15 is 0 Å². The summed E-state index contributed by atoms with van der Waals surface area (Å²) in [5, 5.41) is 3.03. The molecule has 0 radical (unpaired) electrons. The Hall–Kier alpha value is -2.41. The van der Waals surface area contributed by atoms with Crippen LogP contribution in [-0.4, -0.2) is 23.3 Å². The van der Waals surface area contributed by atoms with Crippen LogP contribution in [-0.2, 0) is 4.79 Å². The lowest BCUT2D eigenvalue weighted by Gasteiger charge is -2.11. The molecule has 7 heteroatoms. The van der Waals surface area contributed by atoms with Crippen molar-refractivity contribution < 1.29 is 9.59 Å². The second-order valence-electron chi connectivity index (χ2n) is 5.07. The van der Waals surface area contributed by atoms with Crippen LogP contribution in [0.4, 0.5) is 5.69 Å². The van der Waals surface area contributed by atoms with Crippen LogP contribution in [0.1, 0.15) is 21.5 Å². The number of carbonyl (C=O) groups excluding carboxylic acids is 2. The number of nitrogens with zero attached hydrogens (tertiary/aromatic N) is 1. The molecule has 120 valence electrons. The van der Waals surface area contributed by atoms with Crippen molar-refractivity contribution in [3.8, 4) is 0 Å². The van der Waals surface area contributed by atoms with E-state index < -0.39 is 5.91 Å². The third kappa shape index (κ3) is 5.07. The quantitative estimate of drug-likeness (QED) is 0.715. The summed E-state index contributed by atoms with van der Waals surface area (Å²) in [6.07, 6.45) is 2.99. The number of benzene rings is 1. The Kier molecular flexibility index (Phi) is 5.70. The fourth-order valence-electron chi connectivity index (χ4n) is 1.97. The van der Waals surface area contributed by atoms with Crippen LogP contribution in [0.3, 0.4) is 0 Å². The average molecular weight is 377 g/mol. The highest BCUT2D eigenvalue weighted by molar-refractivity contribution is 9.10. The third-order valence-electron chi connectivity index (χ3n) is 3.10. The van der Waals surface area contributed by atoms with Gasteiger partial charge in [0.2, 0.25) is 0 Å². The molecule has 23 heavy (non-hydrogen) atoms. The highest BCUT2D eigenvalue weighted by Gasteiger charge is 2.08. The molecule has 0 spiro atoms. The van der Waals surface area contributed by atoms with Gasteiger partial charge in [-0.05, 0) is 47.5 Å². The number of hydrazine groups is 1. The van der Waals surface area contributed by atoms with Crippen molar-refractivity contribution in [1.29, 1.82) is 0 Å². The van der Waals surface area contributed by atoms with Gasteiger partial charge in [0.1, 0.15) is 0 Å². The molecule has 0 aliphatic heterocycles. The topological polar surface area (TPSA) is 83.1 Å². The highest BCUT2D eigenvalue weighted by atomic mass is 79.9. The van der Waals surface area contributed by atoms with Gasteiger partial charge in [0.25, 0.3) is 11.8 Å². The summed E-state index contributed by atoms with van der Waals surface area (Å²) < 4.78 is 0.688. The second-order valence-corrected chi connectivity index (χ2v) is 5.98. The maximum atomic E-state index is 11.9. The summed E-state index contributed by atoms with van der Waals surface area (Å²) in [5.41, 5.74) is 8.15. The van der Waals surface area contributed by atoms with Crippen molar-refractivity contribution in [2.24, 2.45) is 0 Å². The molecule has 1 heterocycles. The van der Waals surface area contributed by atoms with Crippen LogP contribution >= 0.6 is 15.9 Å². The minimum Gasteiger partial charge on any atom is -0.376 e. The second kappa shape index (κ2) is 7.73. The summed E-state index contributed by atoms with van der Waals surface area (Å²) in [5.74, 6) is -0.778. The fourth-order valence-corrected chi connectivity index (χ4v) is 2.33. The van der Waals surface area contributed by atoms with Gasteiger partial charge < -0.3 is 5.32 Å². The Morgan fingerprint density at radius 1 is 1.13 bits per heavy atom. The predicted molar refractivity (Wildman–Crippen MR) is 92.0 cm³/mol. The minimum absolute atomic E-state index is 0.0565. The number of rotatable bonds is 4. The molecule has 0 fully saturated rings. The summed E-state index contributed by atoms with van der Waals surface area (Å²) in [4.78, 5) is 27.5. The Morgan fingerprint density at radius 2 is 1.91 bits per heavy atom. The molecule has 2 rings (SSSR count). The van der Waals surface area contributed by atoms with Gasteiger partial charge in [0, 0.05) is 22.6 Å². The van der Waals surface area contributed by atoms with E-state index in [1.165, 1.54) is 6.20 Å². The molecule has 3 N–H and O–H groups in total. The lowest BCUT2D eigenvalue weighted by molar-refractivity contribution is -0.120. The van der Waals surface area contributed by atoms with Crippen molar-refractivity contribution >= 4 is 33.4 Å². The summed E-state index contributed by atoms with van der Waals surface area (Å²) in [7, 11) is 0. The number of anilines is 1. The Balaban J connectivity index is 1.82. The zero-order chi connectivity index (χ0) is 16.8. The van der Waals surface area contributed by atoms with Gasteiger partial charge in [-0.2, -0.15) is 0 Å². The van der Waals surface area contributed by atoms with Crippen LogP contribution in [0.15, 0.2) is 41.1 Å². The number of pyridine rings is 1. The van der Waals surface area contributed by atoms with Gasteiger partial charge in [0.05, 0.1) is 12.1 Å². The van der Waals surface area contributed by atoms with E-state index in [9.17, 15) is 9.59 Å². The molecule has 0 bridgehead atoms. The Bertz CT molecular complexity index is 734. The van der Waals surface area contributed by atoms with E-state index in [1.807, 2.05) is 32.0 Å². The molecule has 0 saturated heterocycles. The lowest BCUT2D eigenvalue weighted by atomic mass is 10.1. The first-order valence-corrected chi connectivity index (χ1v) is 7.76. The first kappa shape index (κ1) is 17.0. The molecule has 2 aromatic rings. The first-order chi connectivity index (χ1) is 11.0. The van der Waals surface area contributed by atoms with E-state index in [0.717, 1.165) is 16.8 Å². The SMILES string of the molecule is Cc1ccc(NCC(=O)NNC(=O)c2cncc(Br)c2)c(C)c1. The van der Waals surface area contributed by atoms with Crippen LogP contribution in [0.2, 0.25) is 0 Å². The number of hydrogen-bond donors (Lipinski definition) is 3. The average Bonchev–Trinajstić information content (AvgIpc) is 2.51. The largest absolute Gasteiger partial charge is 0.376 e. The summed E-state index contributed by atoms with van der Waals surface area (Å²) >= 11 is 3.23. The normalized spacial score (nSPS) is 10.0. The monoisotopic (exact) mass is 376 g/mol. The Labute approximate surface area is 142 Å². The highest BCUT2D eigenvalue weighted by Crippen LogP contribution is 2.15. The molecule has 6 nitrogen and oxygen atoms in total. The number of amides is 2. The number of carbonyl (C=O) groups is 2. The number of aryl methyl sites for hydroxylation is 2. The molecule has 1 aromatic carbocycles. The molecular weight excluding hydrogens is 360 g/mol. The van der Waals surface area contributed by atoms with E-state index in [-0.39, 0.29) is 12.5 Å². The molecule has 0 atom stereocenters. The summed E-state index contributed by atoms with van der Waals surface area (Å²) in [6.45, 7) is 4.03. The van der Waals surface area contributed by atoms with Crippen LogP contribution in [0.25, 0.3) is 0 Å². The van der Waals surface area contributed by atoms with Crippen molar-refractivity contribution in [1.82, 2.24) is 15.8 Å². The van der Waals surface area contributed by atoms with E-state index in [4.69, 9.17) is 0 Å². The van der Waals surface area contributed by atoms with E-state index in [1.54, 1.807) is 12.3 Å². The van der Waals surface area contributed by atoms with Crippen LogP contribution in [0.5, 0.6) is 0 Å². The standard InChI is InChI=1S/C16H17BrN4O2/c1-10-3-4-14(11(2)5-10)19-9-15(22)20-21-16(23)12-6-13(17)8-18-7-12/h3-8,19H,9H2,1-2H3,(H,20,22)(H,21,23). The minimum atomic E-state index is -0.432. The van der Waals surface area contributed by atoms with Gasteiger partial charge in [0.15, 0.2) is 0 Å². The van der Waals surface area contributed by atoms with Crippen LogP contribution < -0.4 is 16.2 Å². The zero-order valence-electron chi connectivity index (χ0n) is 12.8. The van der Waals surface area contributed by atoms with E-state index in [2.05, 4.69) is 37.1 Å². The van der Waals surface area contributed by atoms with E-state index in [0.29, 0.717) is 10.0 Å². The zero-order valence-corrected chi connectivity index (χ0v) is 14.4. The lowest BCUT2D eigenvalue weighted by Crippen LogP contribution is -2.44.